The minimum atomic E-state index is -2.78. The monoisotopic (exact) mass is 626 g/mol. The topological polar surface area (TPSA) is 211 Å². The molecular formula is C32H38N2O11. The third-order valence-electron chi connectivity index (χ3n) is 9.00. The van der Waals surface area contributed by atoms with Crippen LogP contribution >= 0.6 is 0 Å². The van der Waals surface area contributed by atoms with Crippen LogP contribution in [0.15, 0.2) is 29.4 Å². The number of aliphatic hydroxyl groups excluding tert-OH is 1. The molecule has 1 aromatic rings. The number of phenolic OH excluding ortho intramolecular Hbond substituents is 1. The minimum Gasteiger partial charge on any atom is -0.507 e. The van der Waals surface area contributed by atoms with Crippen molar-refractivity contribution < 1.29 is 53.6 Å². The van der Waals surface area contributed by atoms with Crippen LogP contribution in [0, 0.1) is 23.7 Å². The van der Waals surface area contributed by atoms with E-state index < -0.39 is 82.4 Å². The molecule has 0 heterocycles. The summed E-state index contributed by atoms with van der Waals surface area (Å²) in [5.74, 6) is -11.6. The highest BCUT2D eigenvalue weighted by atomic mass is 16.5. The van der Waals surface area contributed by atoms with Gasteiger partial charge in [-0.15, -0.1) is 0 Å². The summed E-state index contributed by atoms with van der Waals surface area (Å²) in [6, 6.07) is 1.65. The maximum Gasteiger partial charge on any atom is 0.338 e. The molecule has 1 amide bonds. The molecule has 3 aliphatic carbocycles. The molecular weight excluding hydrogens is 588 g/mol. The van der Waals surface area contributed by atoms with Crippen LogP contribution in [0.4, 0.5) is 0 Å². The van der Waals surface area contributed by atoms with Gasteiger partial charge in [-0.05, 0) is 83.0 Å². The van der Waals surface area contributed by atoms with Crippen molar-refractivity contribution in [3.8, 4) is 5.75 Å². The molecule has 0 aliphatic heterocycles. The number of aliphatic hydroxyl groups is 2. The Labute approximate surface area is 259 Å². The second-order valence-electron chi connectivity index (χ2n) is 11.9. The maximum absolute atomic E-state index is 14.0. The van der Waals surface area contributed by atoms with E-state index in [1.807, 2.05) is 0 Å². The number of hydrogen-bond acceptors (Lipinski definition) is 12. The van der Waals surface area contributed by atoms with Crippen LogP contribution in [0.3, 0.4) is 0 Å². The first-order chi connectivity index (χ1) is 21.1. The Balaban J connectivity index is 1.86. The number of ketones is 3. The first-order valence-electron chi connectivity index (χ1n) is 14.7. The summed E-state index contributed by atoms with van der Waals surface area (Å²) in [6.07, 6.45) is 1.03. The van der Waals surface area contributed by atoms with Crippen molar-refractivity contribution in [3.63, 3.8) is 0 Å². The molecule has 2 saturated carbocycles. The van der Waals surface area contributed by atoms with Gasteiger partial charge in [-0.1, -0.05) is 6.07 Å². The molecule has 4 rings (SSSR count). The smallest absolute Gasteiger partial charge is 0.338 e. The van der Waals surface area contributed by atoms with Crippen molar-refractivity contribution in [3.05, 3.63) is 46.0 Å². The Bertz CT molecular complexity index is 1530. The lowest BCUT2D eigenvalue weighted by Crippen LogP contribution is -2.75. The number of primary amides is 1. The van der Waals surface area contributed by atoms with E-state index in [0.29, 0.717) is 11.1 Å². The van der Waals surface area contributed by atoms with E-state index in [2.05, 4.69) is 0 Å². The van der Waals surface area contributed by atoms with Crippen LogP contribution in [-0.2, 0) is 39.9 Å². The maximum atomic E-state index is 14.0. The molecule has 2 fully saturated rings. The number of esters is 2. The lowest BCUT2D eigenvalue weighted by Gasteiger charge is -2.54. The SMILES string of the molecule is CCOC(=O)C(C)=CC(=Cc1ccc(O)c2c1C[C@@H]1C[C@@H]3[C@@H](N(C)C)C(O)C(C(N)=O)C(=O)[C@]3(O)C(=O)C1C2=O)C(=O)OCC. The van der Waals surface area contributed by atoms with Crippen LogP contribution in [-0.4, -0.2) is 100 Å². The largest absolute Gasteiger partial charge is 0.507 e. The number of nitrogens with zero attached hydrogens (tertiary/aromatic N) is 1. The van der Waals surface area contributed by atoms with E-state index in [4.69, 9.17) is 15.2 Å². The fourth-order valence-electron chi connectivity index (χ4n) is 7.06. The predicted octanol–water partition coefficient (Wildman–Crippen LogP) is 0.115. The lowest BCUT2D eigenvalue weighted by atomic mass is 9.52. The van der Waals surface area contributed by atoms with Gasteiger partial charge in [0, 0.05) is 17.5 Å². The number of Topliss-reactive ketones (excluding diaryl/α,β-unsaturated/α-hetero) is 3. The number of fused-ring (bicyclic) bond motifs is 3. The van der Waals surface area contributed by atoms with Crippen molar-refractivity contribution in [2.24, 2.45) is 29.4 Å². The van der Waals surface area contributed by atoms with E-state index in [1.165, 1.54) is 36.1 Å². The lowest BCUT2D eigenvalue weighted by molar-refractivity contribution is -0.190. The summed E-state index contributed by atoms with van der Waals surface area (Å²) in [5.41, 5.74) is 3.13. The second-order valence-corrected chi connectivity index (χ2v) is 11.9. The van der Waals surface area contributed by atoms with Crippen molar-refractivity contribution in [2.45, 2.75) is 51.4 Å². The molecule has 13 heteroatoms. The number of aromatic hydroxyl groups is 1. The summed E-state index contributed by atoms with van der Waals surface area (Å²) < 4.78 is 10.2. The number of carbonyl (C=O) groups is 6. The zero-order valence-corrected chi connectivity index (χ0v) is 25.7. The Morgan fingerprint density at radius 1 is 1.07 bits per heavy atom. The van der Waals surface area contributed by atoms with Crippen LogP contribution in [0.1, 0.15) is 48.7 Å². The van der Waals surface area contributed by atoms with E-state index in [1.54, 1.807) is 27.9 Å². The first kappa shape index (κ1) is 33.7. The number of rotatable bonds is 8. The van der Waals surface area contributed by atoms with E-state index in [-0.39, 0.29) is 42.8 Å². The first-order valence-corrected chi connectivity index (χ1v) is 14.7. The van der Waals surface area contributed by atoms with Crippen molar-refractivity contribution in [2.75, 3.05) is 27.3 Å². The van der Waals surface area contributed by atoms with Gasteiger partial charge in [0.2, 0.25) is 5.91 Å². The molecule has 0 radical (unpaired) electrons. The van der Waals surface area contributed by atoms with E-state index >= 15 is 0 Å². The third-order valence-corrected chi connectivity index (χ3v) is 9.00. The van der Waals surface area contributed by atoms with Gasteiger partial charge in [-0.2, -0.15) is 0 Å². The highest BCUT2D eigenvalue weighted by molar-refractivity contribution is 6.25. The highest BCUT2D eigenvalue weighted by Crippen LogP contribution is 2.51. The second kappa shape index (κ2) is 12.7. The van der Waals surface area contributed by atoms with Gasteiger partial charge < -0.3 is 35.4 Å². The highest BCUT2D eigenvalue weighted by Gasteiger charge is 2.69. The quantitative estimate of drug-likeness (QED) is 0.131. The van der Waals surface area contributed by atoms with Gasteiger partial charge in [0.05, 0.1) is 36.4 Å². The summed E-state index contributed by atoms with van der Waals surface area (Å²) >= 11 is 0. The molecule has 242 valence electrons. The molecule has 45 heavy (non-hydrogen) atoms. The number of likely N-dealkylation sites (N-methyl/N-ethyl adjacent to an activating group) is 1. The number of ether oxygens (including phenoxy) is 2. The Hall–Kier alpha value is -4.20. The van der Waals surface area contributed by atoms with E-state index in [0.717, 1.165) is 0 Å². The summed E-state index contributed by atoms with van der Waals surface area (Å²) in [6.45, 7) is 4.87. The van der Waals surface area contributed by atoms with Crippen molar-refractivity contribution >= 4 is 41.3 Å². The van der Waals surface area contributed by atoms with Crippen LogP contribution < -0.4 is 5.73 Å². The zero-order valence-electron chi connectivity index (χ0n) is 25.7. The molecule has 0 bridgehead atoms. The van der Waals surface area contributed by atoms with Gasteiger partial charge in [-0.3, -0.25) is 19.2 Å². The number of benzene rings is 1. The molecule has 5 N–H and O–H groups in total. The van der Waals surface area contributed by atoms with Crippen LogP contribution in [0.5, 0.6) is 5.75 Å². The molecule has 0 saturated heterocycles. The van der Waals surface area contributed by atoms with Crippen molar-refractivity contribution in [1.82, 2.24) is 4.90 Å². The summed E-state index contributed by atoms with van der Waals surface area (Å²) in [7, 11) is 3.12. The number of carbonyl (C=O) groups excluding carboxylic acids is 6. The molecule has 13 nitrogen and oxygen atoms in total. The molecule has 7 atom stereocenters. The summed E-state index contributed by atoms with van der Waals surface area (Å²) in [5, 5.41) is 33.6. The standard InChI is InChI=1S/C32H38N2O11/c1-6-44-30(41)14(3)10-17(31(42)45-7-2)11-15-8-9-20(35)22-18(15)12-16-13-19-24(34(4)5)26(37)23(29(33)40)28(39)32(19,43)27(38)21(16)25(22)36/h8-11,16,19,21,23-24,26,35,37,43H,6-7,12-13H2,1-5H3,(H2,33,40)/t16-,19-,21?,23?,24-,26?,32-/m1/s1. The molecule has 0 aromatic heterocycles. The number of nitrogens with two attached hydrogens (primary N) is 1. The Morgan fingerprint density at radius 2 is 1.69 bits per heavy atom. The molecule has 3 aliphatic rings. The Kier molecular flexibility index (Phi) is 9.48. The molecule has 3 unspecified atom stereocenters. The van der Waals surface area contributed by atoms with Gasteiger partial charge in [0.1, 0.15) is 11.7 Å². The number of amides is 1. The minimum absolute atomic E-state index is 0.0185. The normalized spacial score (nSPS) is 29.9. The average molecular weight is 627 g/mol. The van der Waals surface area contributed by atoms with Gasteiger partial charge in [-0.25, -0.2) is 9.59 Å². The van der Waals surface area contributed by atoms with Crippen molar-refractivity contribution in [1.29, 1.82) is 0 Å². The Morgan fingerprint density at radius 3 is 2.27 bits per heavy atom. The summed E-state index contributed by atoms with van der Waals surface area (Å²) in [4.78, 5) is 80.3. The molecule has 0 spiro atoms. The van der Waals surface area contributed by atoms with Crippen LogP contribution in [0.2, 0.25) is 0 Å². The third kappa shape index (κ3) is 5.60. The number of hydrogen-bond donors (Lipinski definition) is 4. The van der Waals surface area contributed by atoms with Gasteiger partial charge in [0.15, 0.2) is 23.0 Å². The molecule has 1 aromatic carbocycles. The number of phenols is 1. The van der Waals surface area contributed by atoms with Crippen LogP contribution in [0.25, 0.3) is 6.08 Å². The van der Waals surface area contributed by atoms with Gasteiger partial charge in [0.25, 0.3) is 0 Å². The van der Waals surface area contributed by atoms with E-state index in [9.17, 15) is 44.1 Å². The fraction of sp³-hybridized carbons (Fsp3) is 0.500. The average Bonchev–Trinajstić information content (AvgIpc) is 2.95. The zero-order chi connectivity index (χ0) is 33.5. The predicted molar refractivity (Wildman–Crippen MR) is 157 cm³/mol. The fourth-order valence-corrected chi connectivity index (χ4v) is 7.06. The van der Waals surface area contributed by atoms with Gasteiger partial charge >= 0.3 is 11.9 Å².